The summed E-state index contributed by atoms with van der Waals surface area (Å²) >= 11 is 11.9. The zero-order valence-electron chi connectivity index (χ0n) is 15.2. The van der Waals surface area contributed by atoms with Gasteiger partial charge in [-0.05, 0) is 54.6 Å². The van der Waals surface area contributed by atoms with Crippen molar-refractivity contribution >= 4 is 44.1 Å². The normalized spacial score (nSPS) is 11.7. The van der Waals surface area contributed by atoms with Crippen molar-refractivity contribution in [3.63, 3.8) is 0 Å². The molecule has 0 saturated carbocycles. The molecule has 0 aliphatic heterocycles. The fourth-order valence-electron chi connectivity index (χ4n) is 3.05. The lowest BCUT2D eigenvalue weighted by Crippen LogP contribution is -2.44. The molecule has 0 spiro atoms. The lowest BCUT2D eigenvalue weighted by Gasteiger charge is -2.14. The Hall–Kier alpha value is -2.94. The molecule has 0 radical (unpaired) electrons. The first kappa shape index (κ1) is 20.3. The third-order valence-corrected chi connectivity index (χ3v) is 6.63. The Morgan fingerprint density at radius 1 is 0.900 bits per heavy atom. The van der Waals surface area contributed by atoms with Crippen LogP contribution < -0.4 is 11.2 Å². The first-order valence-corrected chi connectivity index (χ1v) is 10.8. The highest BCUT2D eigenvalue weighted by Crippen LogP contribution is 2.19. The fourth-order valence-corrected chi connectivity index (χ4v) is 4.65. The molecule has 0 aliphatic carbocycles. The summed E-state index contributed by atoms with van der Waals surface area (Å²) < 4.78 is 27.8. The Labute approximate surface area is 180 Å². The Kier molecular flexibility index (Phi) is 5.23. The standard InChI is InChI=1S/C20H13Cl2N3O4S/c21-13-4-7-16(8-5-13)30(28,29)25-19(26)17-9-6-14(22)11-18(17)24(20(25)27)12-15-3-1-2-10-23-15/h1-11H,12H2. The second-order valence-electron chi connectivity index (χ2n) is 6.38. The van der Waals surface area contributed by atoms with E-state index in [9.17, 15) is 18.0 Å². The van der Waals surface area contributed by atoms with Crippen LogP contribution in [-0.4, -0.2) is 21.9 Å². The van der Waals surface area contributed by atoms with Crippen LogP contribution in [0.25, 0.3) is 10.9 Å². The van der Waals surface area contributed by atoms with E-state index >= 15 is 0 Å². The highest BCUT2D eigenvalue weighted by atomic mass is 35.5. The molecule has 0 unspecified atom stereocenters. The van der Waals surface area contributed by atoms with Crippen molar-refractivity contribution in [2.45, 2.75) is 11.4 Å². The maximum absolute atomic E-state index is 13.3. The monoisotopic (exact) mass is 461 g/mol. The van der Waals surface area contributed by atoms with Gasteiger partial charge in [0.25, 0.3) is 15.6 Å². The predicted molar refractivity (Wildman–Crippen MR) is 115 cm³/mol. The number of aromatic nitrogens is 3. The van der Waals surface area contributed by atoms with E-state index in [1.165, 1.54) is 47.0 Å². The summed E-state index contributed by atoms with van der Waals surface area (Å²) in [7, 11) is -4.47. The van der Waals surface area contributed by atoms with Gasteiger partial charge in [-0.25, -0.2) is 13.2 Å². The number of hydrogen-bond acceptors (Lipinski definition) is 5. The van der Waals surface area contributed by atoms with Gasteiger partial charge in [-0.2, -0.15) is 0 Å². The molecule has 2 aromatic carbocycles. The molecule has 0 aliphatic rings. The second kappa shape index (κ2) is 7.71. The van der Waals surface area contributed by atoms with Crippen molar-refractivity contribution in [3.05, 3.63) is 103 Å². The minimum atomic E-state index is -4.47. The predicted octanol–water partition coefficient (Wildman–Crippen LogP) is 3.15. The molecule has 2 aromatic heterocycles. The first-order chi connectivity index (χ1) is 14.3. The van der Waals surface area contributed by atoms with Crippen LogP contribution in [0.5, 0.6) is 0 Å². The molecular formula is C20H13Cl2N3O4S. The lowest BCUT2D eigenvalue weighted by molar-refractivity contribution is 0.577. The van der Waals surface area contributed by atoms with Crippen LogP contribution in [0.1, 0.15) is 5.69 Å². The molecule has 0 fully saturated rings. The van der Waals surface area contributed by atoms with Crippen LogP contribution in [0.4, 0.5) is 0 Å². The fraction of sp³-hybridized carbons (Fsp3) is 0.0500. The molecule has 10 heteroatoms. The van der Waals surface area contributed by atoms with Crippen LogP contribution in [0.2, 0.25) is 10.0 Å². The Balaban J connectivity index is 2.06. The van der Waals surface area contributed by atoms with E-state index in [1.54, 1.807) is 24.4 Å². The van der Waals surface area contributed by atoms with Gasteiger partial charge in [0.05, 0.1) is 28.0 Å². The van der Waals surface area contributed by atoms with Gasteiger partial charge in [-0.1, -0.05) is 29.3 Å². The topological polar surface area (TPSA) is 91.0 Å². The molecular weight excluding hydrogens is 449 g/mol. The van der Waals surface area contributed by atoms with Crippen LogP contribution in [0.15, 0.2) is 81.3 Å². The van der Waals surface area contributed by atoms with Crippen LogP contribution in [0, 0.1) is 0 Å². The molecule has 4 rings (SSSR count). The van der Waals surface area contributed by atoms with Gasteiger partial charge in [0.2, 0.25) is 0 Å². The van der Waals surface area contributed by atoms with Gasteiger partial charge in [-0.3, -0.25) is 14.3 Å². The summed E-state index contributed by atoms with van der Waals surface area (Å²) in [6.07, 6.45) is 1.55. The number of rotatable bonds is 4. The molecule has 0 saturated heterocycles. The minimum absolute atomic E-state index is 0.0347. The SMILES string of the molecule is O=c1c2ccc(Cl)cc2n(Cc2ccccn2)c(=O)n1S(=O)(=O)c1ccc(Cl)cc1. The molecule has 2 heterocycles. The molecule has 7 nitrogen and oxygen atoms in total. The Bertz CT molecular complexity index is 1480. The van der Waals surface area contributed by atoms with Crippen molar-refractivity contribution in [1.82, 2.24) is 13.5 Å². The highest BCUT2D eigenvalue weighted by molar-refractivity contribution is 7.90. The number of pyridine rings is 1. The average molecular weight is 462 g/mol. The quantitative estimate of drug-likeness (QED) is 0.465. The molecule has 0 bridgehead atoms. The van der Waals surface area contributed by atoms with Gasteiger partial charge in [0.1, 0.15) is 0 Å². The van der Waals surface area contributed by atoms with Gasteiger partial charge in [-0.15, -0.1) is 3.97 Å². The minimum Gasteiger partial charge on any atom is -0.286 e. The van der Waals surface area contributed by atoms with Gasteiger partial charge >= 0.3 is 5.69 Å². The lowest BCUT2D eigenvalue weighted by atomic mass is 10.2. The third kappa shape index (κ3) is 3.54. The maximum Gasteiger partial charge on any atom is 0.346 e. The zero-order valence-corrected chi connectivity index (χ0v) is 17.5. The van der Waals surface area contributed by atoms with Crippen molar-refractivity contribution in [1.29, 1.82) is 0 Å². The van der Waals surface area contributed by atoms with E-state index in [0.29, 0.717) is 15.7 Å². The van der Waals surface area contributed by atoms with E-state index in [0.717, 1.165) is 0 Å². The van der Waals surface area contributed by atoms with E-state index in [2.05, 4.69) is 4.98 Å². The number of fused-ring (bicyclic) bond motifs is 1. The van der Waals surface area contributed by atoms with Gasteiger partial charge in [0, 0.05) is 16.2 Å². The van der Waals surface area contributed by atoms with Crippen molar-refractivity contribution in [2.75, 3.05) is 0 Å². The van der Waals surface area contributed by atoms with E-state index in [1.807, 2.05) is 0 Å². The first-order valence-electron chi connectivity index (χ1n) is 8.65. The second-order valence-corrected chi connectivity index (χ2v) is 9.04. The third-order valence-electron chi connectivity index (χ3n) is 4.47. The molecule has 4 aromatic rings. The van der Waals surface area contributed by atoms with Crippen molar-refractivity contribution in [2.24, 2.45) is 0 Å². The van der Waals surface area contributed by atoms with Crippen molar-refractivity contribution in [3.8, 4) is 0 Å². The summed E-state index contributed by atoms with van der Waals surface area (Å²) in [5.74, 6) is 0. The van der Waals surface area contributed by atoms with Crippen LogP contribution >= 0.6 is 23.2 Å². The summed E-state index contributed by atoms with van der Waals surface area (Å²) in [5, 5.41) is 0.656. The molecule has 0 N–H and O–H groups in total. The summed E-state index contributed by atoms with van der Waals surface area (Å²) in [6, 6.07) is 14.6. The summed E-state index contributed by atoms with van der Waals surface area (Å²) in [5.41, 5.74) is -1.25. The average Bonchev–Trinajstić information content (AvgIpc) is 2.72. The smallest absolute Gasteiger partial charge is 0.286 e. The summed E-state index contributed by atoms with van der Waals surface area (Å²) in [4.78, 5) is 30.2. The van der Waals surface area contributed by atoms with E-state index < -0.39 is 21.3 Å². The molecule has 0 atom stereocenters. The molecule has 0 amide bonds. The number of benzene rings is 2. The van der Waals surface area contributed by atoms with E-state index in [4.69, 9.17) is 23.2 Å². The van der Waals surface area contributed by atoms with E-state index in [-0.39, 0.29) is 26.3 Å². The van der Waals surface area contributed by atoms with Gasteiger partial charge in [0.15, 0.2) is 0 Å². The molecule has 30 heavy (non-hydrogen) atoms. The van der Waals surface area contributed by atoms with Crippen LogP contribution in [-0.2, 0) is 16.6 Å². The molecule has 152 valence electrons. The number of hydrogen-bond donors (Lipinski definition) is 0. The Morgan fingerprint density at radius 2 is 1.60 bits per heavy atom. The summed E-state index contributed by atoms with van der Waals surface area (Å²) in [6.45, 7) is -0.0487. The van der Waals surface area contributed by atoms with Gasteiger partial charge < -0.3 is 0 Å². The zero-order chi connectivity index (χ0) is 21.5. The number of halogens is 2. The Morgan fingerprint density at radius 3 is 2.27 bits per heavy atom. The van der Waals surface area contributed by atoms with Crippen LogP contribution in [0.3, 0.4) is 0 Å². The number of nitrogens with zero attached hydrogens (tertiary/aromatic N) is 3. The maximum atomic E-state index is 13.3. The largest absolute Gasteiger partial charge is 0.346 e. The highest BCUT2D eigenvalue weighted by Gasteiger charge is 2.25. The van der Waals surface area contributed by atoms with Crippen molar-refractivity contribution < 1.29 is 8.42 Å².